The Labute approximate surface area is 261 Å². The second-order valence-corrected chi connectivity index (χ2v) is 11.6. The molecule has 0 radical (unpaired) electrons. The molecule has 2 aliphatic heterocycles. The van der Waals surface area contributed by atoms with Crippen LogP contribution in [0, 0.1) is 5.82 Å². The summed E-state index contributed by atoms with van der Waals surface area (Å²) in [6, 6.07) is 16.5. The van der Waals surface area contributed by atoms with Gasteiger partial charge in [-0.25, -0.2) is 14.4 Å². The maximum Gasteiger partial charge on any atom is 0.306 e. The number of hydrogen-bond donors (Lipinski definition) is 0. The number of pyridine rings is 1. The molecule has 0 spiro atoms. The van der Waals surface area contributed by atoms with Gasteiger partial charge in [0.05, 0.1) is 42.5 Å². The van der Waals surface area contributed by atoms with Crippen LogP contribution in [0.15, 0.2) is 60.7 Å². The lowest BCUT2D eigenvalue weighted by atomic mass is 10.0. The first-order valence-electron chi connectivity index (χ1n) is 15.2. The number of hydrogen-bond acceptors (Lipinski definition) is 7. The first-order chi connectivity index (χ1) is 21.4. The molecule has 4 heterocycles. The molecule has 1 atom stereocenters. The van der Waals surface area contributed by atoms with E-state index in [9.17, 15) is 9.18 Å². The molecule has 2 aromatic heterocycles. The summed E-state index contributed by atoms with van der Waals surface area (Å²) in [4.78, 5) is 24.0. The first kappa shape index (κ1) is 30.2. The minimum atomic E-state index is -0.396. The van der Waals surface area contributed by atoms with Crippen LogP contribution in [0.5, 0.6) is 5.88 Å². The molecule has 0 unspecified atom stereocenters. The van der Waals surface area contributed by atoms with Gasteiger partial charge in [-0.1, -0.05) is 35.9 Å². The van der Waals surface area contributed by atoms with E-state index in [2.05, 4.69) is 38.7 Å². The Kier molecular flexibility index (Phi) is 9.54. The molecule has 44 heavy (non-hydrogen) atoms. The summed E-state index contributed by atoms with van der Waals surface area (Å²) in [6.07, 6.45) is 5.29. The molecule has 0 bridgehead atoms. The minimum absolute atomic E-state index is 0.0755. The van der Waals surface area contributed by atoms with E-state index in [1.165, 1.54) is 6.07 Å². The van der Waals surface area contributed by atoms with Crippen LogP contribution < -0.4 is 4.74 Å². The fourth-order valence-electron chi connectivity index (χ4n) is 5.57. The lowest BCUT2D eigenvalue weighted by molar-refractivity contribution is -0.143. The molecule has 8 nitrogen and oxygen atoms in total. The number of esters is 1. The van der Waals surface area contributed by atoms with Crippen molar-refractivity contribution in [3.05, 3.63) is 94.2 Å². The van der Waals surface area contributed by atoms with Gasteiger partial charge in [-0.2, -0.15) is 0 Å². The summed E-state index contributed by atoms with van der Waals surface area (Å²) in [7, 11) is 0. The zero-order chi connectivity index (χ0) is 30.5. The van der Waals surface area contributed by atoms with Crippen LogP contribution in [-0.2, 0) is 40.4 Å². The summed E-state index contributed by atoms with van der Waals surface area (Å²) < 4.78 is 33.1. The van der Waals surface area contributed by atoms with Gasteiger partial charge in [0, 0.05) is 42.8 Å². The second-order valence-electron chi connectivity index (χ2n) is 11.1. The van der Waals surface area contributed by atoms with Gasteiger partial charge in [0.1, 0.15) is 18.2 Å². The molecule has 1 saturated heterocycles. The van der Waals surface area contributed by atoms with E-state index < -0.39 is 5.82 Å². The molecule has 0 N–H and O–H groups in total. The third-order valence-corrected chi connectivity index (χ3v) is 8.33. The van der Waals surface area contributed by atoms with Crippen molar-refractivity contribution in [1.82, 2.24) is 19.4 Å². The summed E-state index contributed by atoms with van der Waals surface area (Å²) in [5.74, 6) is 0.889. The number of nitrogens with zero attached hydrogens (tertiary/aromatic N) is 4. The van der Waals surface area contributed by atoms with Gasteiger partial charge in [0.25, 0.3) is 0 Å². The average Bonchev–Trinajstić information content (AvgIpc) is 3.34. The highest BCUT2D eigenvalue weighted by molar-refractivity contribution is 6.30. The molecule has 6 rings (SSSR count). The van der Waals surface area contributed by atoms with E-state index in [1.54, 1.807) is 18.2 Å². The number of rotatable bonds is 12. The number of imidazole rings is 1. The van der Waals surface area contributed by atoms with Crippen molar-refractivity contribution in [2.45, 2.75) is 58.4 Å². The molecule has 4 aromatic rings. The smallest absolute Gasteiger partial charge is 0.306 e. The predicted octanol–water partition coefficient (Wildman–Crippen LogP) is 6.38. The van der Waals surface area contributed by atoms with Gasteiger partial charge in [-0.05, 0) is 67.7 Å². The normalized spacial score (nSPS) is 16.9. The largest absolute Gasteiger partial charge is 0.473 e. The molecular weight excluding hydrogens is 583 g/mol. The summed E-state index contributed by atoms with van der Waals surface area (Å²) in [5, 5.41) is 0.353. The van der Waals surface area contributed by atoms with E-state index >= 15 is 0 Å². The van der Waals surface area contributed by atoms with Crippen LogP contribution in [0.1, 0.15) is 48.8 Å². The topological polar surface area (TPSA) is 78.7 Å². The monoisotopic (exact) mass is 618 g/mol. The van der Waals surface area contributed by atoms with Crippen LogP contribution in [-0.4, -0.2) is 57.8 Å². The lowest BCUT2D eigenvalue weighted by Crippen LogP contribution is -2.33. The van der Waals surface area contributed by atoms with Gasteiger partial charge in [0.2, 0.25) is 5.88 Å². The zero-order valence-corrected chi connectivity index (χ0v) is 25.6. The quantitative estimate of drug-likeness (QED) is 0.171. The third-order valence-electron chi connectivity index (χ3n) is 8.10. The average molecular weight is 619 g/mol. The van der Waals surface area contributed by atoms with Gasteiger partial charge in [-0.15, -0.1) is 0 Å². The van der Waals surface area contributed by atoms with Crippen molar-refractivity contribution in [3.8, 4) is 5.88 Å². The Morgan fingerprint density at radius 3 is 2.80 bits per heavy atom. The summed E-state index contributed by atoms with van der Waals surface area (Å²) in [6.45, 7) is 6.23. The van der Waals surface area contributed by atoms with E-state index in [0.717, 1.165) is 72.8 Å². The Morgan fingerprint density at radius 2 is 2.05 bits per heavy atom. The molecule has 0 saturated carbocycles. The highest BCUT2D eigenvalue weighted by Crippen LogP contribution is 2.27. The van der Waals surface area contributed by atoms with Crippen molar-refractivity contribution in [1.29, 1.82) is 0 Å². The number of aryl methyl sites for hydroxylation is 1. The Balaban J connectivity index is 1.12. The van der Waals surface area contributed by atoms with Crippen LogP contribution in [0.25, 0.3) is 16.6 Å². The Morgan fingerprint density at radius 1 is 1.16 bits per heavy atom. The van der Waals surface area contributed by atoms with Gasteiger partial charge in [-0.3, -0.25) is 9.69 Å². The van der Waals surface area contributed by atoms with Crippen molar-refractivity contribution in [2.24, 2.45) is 0 Å². The van der Waals surface area contributed by atoms with Gasteiger partial charge >= 0.3 is 5.97 Å². The van der Waals surface area contributed by atoms with E-state index in [0.29, 0.717) is 42.5 Å². The maximum absolute atomic E-state index is 14.2. The fourth-order valence-corrected chi connectivity index (χ4v) is 5.73. The molecule has 2 aromatic carbocycles. The standard InChI is InChI=1S/C34H36ClFN4O4/c1-2-42-34(41)11-7-23-6-10-31-30(18-23)37-32(40(31)20-27-14-17-43-27)21-39-15-12-24(13-16-39)29-4-3-5-33(38-29)44-22-25-8-9-26(35)19-28(25)36/h3-6,8-10,12,18-19,27H,2,7,11,13-17,20-22H2,1H3/t27-/m0/s1. The number of carbonyl (C=O) groups excluding carboxylic acids is 1. The summed E-state index contributed by atoms with van der Waals surface area (Å²) >= 11 is 5.86. The molecule has 230 valence electrons. The number of fused-ring (bicyclic) bond motifs is 1. The Bertz CT molecular complexity index is 1670. The van der Waals surface area contributed by atoms with E-state index in [4.69, 9.17) is 30.8 Å². The first-order valence-corrected chi connectivity index (χ1v) is 15.5. The van der Waals surface area contributed by atoms with Gasteiger partial charge in [0.15, 0.2) is 0 Å². The lowest BCUT2D eigenvalue weighted by Gasteiger charge is -2.29. The highest BCUT2D eigenvalue weighted by atomic mass is 35.5. The maximum atomic E-state index is 14.2. The van der Waals surface area contributed by atoms with E-state index in [1.807, 2.05) is 19.1 Å². The number of halogens is 2. The number of carbonyl (C=O) groups is 1. The van der Waals surface area contributed by atoms with Crippen LogP contribution in [0.4, 0.5) is 4.39 Å². The second kappa shape index (κ2) is 13.9. The van der Waals surface area contributed by atoms with Crippen LogP contribution in [0.2, 0.25) is 5.02 Å². The fraction of sp³-hybridized carbons (Fsp3) is 0.382. The molecule has 1 fully saturated rings. The number of benzene rings is 2. The third kappa shape index (κ3) is 7.29. The Hall–Kier alpha value is -3.79. The molecule has 0 aliphatic carbocycles. The molecule has 10 heteroatoms. The molecular formula is C34H36ClFN4O4. The molecule has 2 aliphatic rings. The van der Waals surface area contributed by atoms with Crippen LogP contribution >= 0.6 is 11.6 Å². The zero-order valence-electron chi connectivity index (χ0n) is 24.8. The van der Waals surface area contributed by atoms with Crippen molar-refractivity contribution < 1.29 is 23.4 Å². The van der Waals surface area contributed by atoms with Crippen molar-refractivity contribution in [3.63, 3.8) is 0 Å². The highest BCUT2D eigenvalue weighted by Gasteiger charge is 2.24. The van der Waals surface area contributed by atoms with Crippen molar-refractivity contribution >= 4 is 34.2 Å². The van der Waals surface area contributed by atoms with Gasteiger partial charge < -0.3 is 18.8 Å². The van der Waals surface area contributed by atoms with Crippen molar-refractivity contribution in [2.75, 3.05) is 26.3 Å². The van der Waals surface area contributed by atoms with Crippen LogP contribution in [0.3, 0.4) is 0 Å². The summed E-state index contributed by atoms with van der Waals surface area (Å²) in [5.41, 5.74) is 5.55. The SMILES string of the molecule is CCOC(=O)CCc1ccc2c(c1)nc(CN1CC=C(c3cccc(OCc4ccc(Cl)cc4F)n3)CC1)n2C[C@@H]1CCO1. The minimum Gasteiger partial charge on any atom is -0.473 e. The number of aromatic nitrogens is 3. The molecule has 0 amide bonds. The number of ether oxygens (including phenoxy) is 3. The predicted molar refractivity (Wildman–Crippen MR) is 167 cm³/mol. The van der Waals surface area contributed by atoms with E-state index in [-0.39, 0.29) is 18.7 Å².